The maximum Gasteiger partial charge on any atom is 0.192 e. The van der Waals surface area contributed by atoms with Crippen molar-refractivity contribution in [3.63, 3.8) is 0 Å². The second-order valence-corrected chi connectivity index (χ2v) is 23.6. The zero-order valence-electron chi connectivity index (χ0n) is 26.0. The van der Waals surface area contributed by atoms with Crippen molar-refractivity contribution in [3.05, 3.63) is 56.1 Å². The van der Waals surface area contributed by atoms with Gasteiger partial charge in [-0.2, -0.15) is 4.68 Å². The largest absolute Gasteiger partial charge is 0.414 e. The molecule has 0 amide bonds. The van der Waals surface area contributed by atoms with E-state index in [9.17, 15) is 0 Å². The Morgan fingerprint density at radius 3 is 2.29 bits per heavy atom. The number of imidazole rings is 1. The van der Waals surface area contributed by atoms with E-state index < -0.39 is 16.6 Å². The SMILES string of the molecule is CC(C)(C)[Si](C)(C)OC[C@H]1O[C@@H](n2cnc3c(-n4nncc4[C]4[CH][CH][CH][CH]4)ncnc32)C[C@@H]1O[Si](C)(C)C(C)(C)C. The molecule has 1 saturated carbocycles. The molecule has 221 valence electrons. The molecule has 3 atom stereocenters. The highest BCUT2D eigenvalue weighted by Gasteiger charge is 2.47. The van der Waals surface area contributed by atoms with Crippen LogP contribution in [0.2, 0.25) is 36.3 Å². The summed E-state index contributed by atoms with van der Waals surface area (Å²) in [6.07, 6.45) is 13.2. The molecule has 2 fully saturated rings. The summed E-state index contributed by atoms with van der Waals surface area (Å²) in [5, 5.41) is 8.66. The smallest absolute Gasteiger partial charge is 0.192 e. The number of hydrogen-bond donors (Lipinski definition) is 0. The molecule has 0 bridgehead atoms. The molecule has 5 rings (SSSR count). The van der Waals surface area contributed by atoms with Gasteiger partial charge in [0.2, 0.25) is 0 Å². The number of aromatic nitrogens is 7. The minimum absolute atomic E-state index is 0.0803. The summed E-state index contributed by atoms with van der Waals surface area (Å²) >= 11 is 0. The van der Waals surface area contributed by atoms with Crippen molar-refractivity contribution in [1.29, 1.82) is 0 Å². The Balaban J connectivity index is 1.44. The molecule has 0 aromatic carbocycles. The van der Waals surface area contributed by atoms with Crippen LogP contribution in [0.15, 0.2) is 18.9 Å². The quantitative estimate of drug-likeness (QED) is 0.299. The van der Waals surface area contributed by atoms with Gasteiger partial charge in [0.1, 0.15) is 18.7 Å². The van der Waals surface area contributed by atoms with Crippen molar-refractivity contribution in [3.8, 4) is 5.82 Å². The Labute approximate surface area is 246 Å². The molecule has 0 spiro atoms. The topological polar surface area (TPSA) is 102 Å². The Morgan fingerprint density at radius 2 is 1.63 bits per heavy atom. The zero-order valence-corrected chi connectivity index (χ0v) is 28.0. The fourth-order valence-electron chi connectivity index (χ4n) is 4.55. The minimum atomic E-state index is -2.06. The Morgan fingerprint density at radius 1 is 0.951 bits per heavy atom. The van der Waals surface area contributed by atoms with Gasteiger partial charge in [0, 0.05) is 12.3 Å². The van der Waals surface area contributed by atoms with E-state index in [2.05, 4.69) is 88.0 Å². The van der Waals surface area contributed by atoms with Crippen LogP contribution in [0.4, 0.5) is 0 Å². The lowest BCUT2D eigenvalue weighted by atomic mass is 10.1. The van der Waals surface area contributed by atoms with Crippen LogP contribution in [-0.4, -0.2) is 70.0 Å². The fourth-order valence-corrected chi connectivity index (χ4v) is 6.92. The first kappa shape index (κ1) is 30.5. The Hall–Kier alpha value is -2.00. The van der Waals surface area contributed by atoms with Gasteiger partial charge in [-0.15, -0.1) is 5.10 Å². The van der Waals surface area contributed by atoms with Gasteiger partial charge < -0.3 is 13.6 Å². The molecular formula is C29H44N7O3Si2. The van der Waals surface area contributed by atoms with Gasteiger partial charge in [-0.25, -0.2) is 15.0 Å². The molecule has 3 aromatic rings. The first-order chi connectivity index (χ1) is 19.1. The van der Waals surface area contributed by atoms with E-state index in [0.717, 1.165) is 11.6 Å². The first-order valence-electron chi connectivity index (χ1n) is 14.4. The lowest BCUT2D eigenvalue weighted by Gasteiger charge is -2.40. The molecule has 1 aliphatic carbocycles. The third kappa shape index (κ3) is 5.95. The van der Waals surface area contributed by atoms with Gasteiger partial charge in [0.05, 0.1) is 30.9 Å². The fraction of sp³-hybridized carbons (Fsp3) is 0.586. The lowest BCUT2D eigenvalue weighted by molar-refractivity contribution is -0.0383. The van der Waals surface area contributed by atoms with Crippen LogP contribution in [0.1, 0.15) is 59.9 Å². The van der Waals surface area contributed by atoms with Crippen LogP contribution >= 0.6 is 0 Å². The van der Waals surface area contributed by atoms with Crippen LogP contribution in [0.3, 0.4) is 0 Å². The molecule has 1 aliphatic heterocycles. The molecule has 5 radical (unpaired) electrons. The second-order valence-electron chi connectivity index (χ2n) is 14.1. The van der Waals surface area contributed by atoms with E-state index in [1.807, 2.05) is 30.3 Å². The van der Waals surface area contributed by atoms with Crippen LogP contribution in [0.5, 0.6) is 0 Å². The van der Waals surface area contributed by atoms with Crippen LogP contribution < -0.4 is 0 Å². The van der Waals surface area contributed by atoms with Gasteiger partial charge in [0.25, 0.3) is 0 Å². The highest BCUT2D eigenvalue weighted by Crippen LogP contribution is 2.43. The monoisotopic (exact) mass is 594 g/mol. The van der Waals surface area contributed by atoms with Gasteiger partial charge >= 0.3 is 0 Å². The van der Waals surface area contributed by atoms with Crippen LogP contribution in [-0.2, 0) is 13.6 Å². The molecule has 2 aliphatic rings. The summed E-state index contributed by atoms with van der Waals surface area (Å²) in [4.78, 5) is 13.9. The number of fused-ring (bicyclic) bond motifs is 1. The molecule has 10 nitrogen and oxygen atoms in total. The molecule has 0 N–H and O–H groups in total. The molecule has 1 saturated heterocycles. The average molecular weight is 595 g/mol. The average Bonchev–Trinajstić information content (AvgIpc) is 3.67. The third-order valence-corrected chi connectivity index (χ3v) is 18.2. The van der Waals surface area contributed by atoms with Crippen molar-refractivity contribution < 1.29 is 13.6 Å². The van der Waals surface area contributed by atoms with Crippen LogP contribution in [0.25, 0.3) is 17.0 Å². The Kier molecular flexibility index (Phi) is 8.12. The second kappa shape index (κ2) is 10.9. The number of hydrogen-bond acceptors (Lipinski definition) is 8. The Bertz CT molecular complexity index is 1350. The van der Waals surface area contributed by atoms with Gasteiger partial charge in [-0.3, -0.25) is 4.57 Å². The zero-order chi connectivity index (χ0) is 29.8. The van der Waals surface area contributed by atoms with E-state index >= 15 is 0 Å². The molecular weight excluding hydrogens is 551 g/mol. The number of rotatable bonds is 8. The predicted octanol–water partition coefficient (Wildman–Crippen LogP) is 5.86. The van der Waals surface area contributed by atoms with Crippen molar-refractivity contribution in [2.75, 3.05) is 6.61 Å². The van der Waals surface area contributed by atoms with E-state index in [1.165, 1.54) is 0 Å². The maximum absolute atomic E-state index is 6.97. The molecule has 41 heavy (non-hydrogen) atoms. The normalized spacial score (nSPS) is 23.2. The highest BCUT2D eigenvalue weighted by molar-refractivity contribution is 6.74. The maximum atomic E-state index is 6.97. The molecule has 3 aromatic heterocycles. The standard InChI is InChI=1S/C29H44N7O3Si2/c1-28(2,3)40(7,8)37-17-23-22(39-41(9,10)29(4,5)6)15-24(38-23)35-19-32-25-26(35)30-18-31-27(25)36-21(16-33-34-36)20-13-11-12-14-20/h11-14,16,18-19,22-24H,15,17H2,1-10H3/t22-,23+,24+/m0/s1. The van der Waals surface area contributed by atoms with E-state index in [-0.39, 0.29) is 28.5 Å². The van der Waals surface area contributed by atoms with Crippen molar-refractivity contribution >= 4 is 27.8 Å². The minimum Gasteiger partial charge on any atom is -0.414 e. The van der Waals surface area contributed by atoms with E-state index in [1.54, 1.807) is 23.5 Å². The lowest BCUT2D eigenvalue weighted by Crippen LogP contribution is -2.48. The highest BCUT2D eigenvalue weighted by atomic mass is 28.4. The molecule has 12 heteroatoms. The molecule has 0 unspecified atom stereocenters. The summed E-state index contributed by atoms with van der Waals surface area (Å²) in [7, 11) is -4.04. The van der Waals surface area contributed by atoms with Gasteiger partial charge in [0.15, 0.2) is 33.6 Å². The number of nitrogens with zero attached hydrogens (tertiary/aromatic N) is 7. The van der Waals surface area contributed by atoms with Gasteiger partial charge in [-0.05, 0) is 61.9 Å². The van der Waals surface area contributed by atoms with E-state index in [4.69, 9.17) is 18.6 Å². The van der Waals surface area contributed by atoms with Crippen LogP contribution in [0, 0.1) is 31.6 Å². The van der Waals surface area contributed by atoms with Crippen molar-refractivity contribution in [1.82, 2.24) is 34.5 Å². The third-order valence-electron chi connectivity index (χ3n) is 9.21. The van der Waals surface area contributed by atoms with Crippen molar-refractivity contribution in [2.24, 2.45) is 0 Å². The predicted molar refractivity (Wildman–Crippen MR) is 164 cm³/mol. The summed E-state index contributed by atoms with van der Waals surface area (Å²) < 4.78 is 24.1. The van der Waals surface area contributed by atoms with Crippen molar-refractivity contribution in [2.45, 2.75) is 103 Å². The summed E-state index contributed by atoms with van der Waals surface area (Å²) in [5.41, 5.74) is 2.16. The summed E-state index contributed by atoms with van der Waals surface area (Å²) in [6, 6.07) is 0. The molecule has 4 heterocycles. The summed E-state index contributed by atoms with van der Waals surface area (Å²) in [5.74, 6) is 1.59. The number of ether oxygens (including phenoxy) is 1. The summed E-state index contributed by atoms with van der Waals surface area (Å²) in [6.45, 7) is 23.2. The van der Waals surface area contributed by atoms with E-state index in [0.29, 0.717) is 30.0 Å². The first-order valence-corrected chi connectivity index (χ1v) is 20.2. The van der Waals surface area contributed by atoms with Gasteiger partial charge in [-0.1, -0.05) is 46.8 Å².